The molecule has 1 aliphatic rings. The molecule has 0 bridgehead atoms. The van der Waals surface area contributed by atoms with Gasteiger partial charge in [-0.1, -0.05) is 29.3 Å². The summed E-state index contributed by atoms with van der Waals surface area (Å²) in [6, 6.07) is 10.6. The van der Waals surface area contributed by atoms with Crippen molar-refractivity contribution in [2.75, 3.05) is 5.32 Å². The van der Waals surface area contributed by atoms with Crippen molar-refractivity contribution in [1.29, 1.82) is 0 Å². The van der Waals surface area contributed by atoms with Crippen LogP contribution in [-0.2, 0) is 12.8 Å². The number of rotatable bonds is 4. The quantitative estimate of drug-likeness (QED) is 0.428. The van der Waals surface area contributed by atoms with Gasteiger partial charge >= 0.3 is 0 Å². The number of aromatic nitrogens is 4. The van der Waals surface area contributed by atoms with Gasteiger partial charge in [0.2, 0.25) is 0 Å². The summed E-state index contributed by atoms with van der Waals surface area (Å²) in [6.45, 7) is 0. The zero-order chi connectivity index (χ0) is 23.1. The number of anilines is 1. The first-order chi connectivity index (χ1) is 15.9. The Labute approximate surface area is 198 Å². The molecule has 0 atom stereocenters. The Hall–Kier alpha value is -3.75. The summed E-state index contributed by atoms with van der Waals surface area (Å²) in [5.41, 5.74) is 10.8. The fourth-order valence-corrected chi connectivity index (χ4v) is 4.32. The number of nitrogens with two attached hydrogens (primary N) is 1. The number of aryl methyl sites for hydroxylation is 1. The first-order valence-electron chi connectivity index (χ1n) is 10.00. The molecule has 3 aromatic heterocycles. The lowest BCUT2D eigenvalue weighted by Crippen LogP contribution is -2.16. The number of hydrogen-bond donors (Lipinski definition) is 2. The van der Waals surface area contributed by atoms with E-state index < -0.39 is 11.8 Å². The largest absolute Gasteiger partial charge is 0.364 e. The highest BCUT2D eigenvalue weighted by molar-refractivity contribution is 6.35. The second-order valence-corrected chi connectivity index (χ2v) is 8.26. The zero-order valence-corrected chi connectivity index (χ0v) is 18.6. The van der Waals surface area contributed by atoms with Gasteiger partial charge in [-0.05, 0) is 48.7 Å². The molecular formula is C23H16Cl2N6O2. The van der Waals surface area contributed by atoms with E-state index in [0.717, 1.165) is 28.1 Å². The van der Waals surface area contributed by atoms with Crippen LogP contribution >= 0.6 is 23.2 Å². The number of nitrogens with zero attached hydrogens (tertiary/aromatic N) is 4. The minimum atomic E-state index is -0.587. The van der Waals surface area contributed by atoms with Crippen LogP contribution in [0.25, 0.3) is 16.9 Å². The van der Waals surface area contributed by atoms with Gasteiger partial charge in [0.1, 0.15) is 5.15 Å². The van der Waals surface area contributed by atoms with E-state index in [1.807, 2.05) is 18.2 Å². The molecule has 10 heteroatoms. The Morgan fingerprint density at radius 1 is 1.06 bits per heavy atom. The van der Waals surface area contributed by atoms with Crippen molar-refractivity contribution < 1.29 is 9.59 Å². The van der Waals surface area contributed by atoms with Gasteiger partial charge in [0.05, 0.1) is 22.0 Å². The molecule has 2 amide bonds. The first kappa shape index (κ1) is 21.1. The summed E-state index contributed by atoms with van der Waals surface area (Å²) in [6.07, 6.45) is 5.97. The Morgan fingerprint density at radius 3 is 2.61 bits per heavy atom. The van der Waals surface area contributed by atoms with Gasteiger partial charge in [0, 0.05) is 35.4 Å². The van der Waals surface area contributed by atoms with Crippen molar-refractivity contribution in [3.63, 3.8) is 0 Å². The summed E-state index contributed by atoms with van der Waals surface area (Å²) in [5.74, 6) is -1.00. The maximum Gasteiger partial charge on any atom is 0.269 e. The number of fused-ring (bicyclic) bond motifs is 3. The third-order valence-electron chi connectivity index (χ3n) is 5.46. The maximum absolute atomic E-state index is 12.8. The lowest BCUT2D eigenvalue weighted by Gasteiger charge is -2.20. The number of primary amides is 1. The molecular weight excluding hydrogens is 463 g/mol. The van der Waals surface area contributed by atoms with Gasteiger partial charge in [0.15, 0.2) is 5.69 Å². The van der Waals surface area contributed by atoms with Crippen LogP contribution in [0.15, 0.2) is 55.0 Å². The van der Waals surface area contributed by atoms with Gasteiger partial charge in [0.25, 0.3) is 11.8 Å². The van der Waals surface area contributed by atoms with Crippen molar-refractivity contribution >= 4 is 40.7 Å². The van der Waals surface area contributed by atoms with Crippen LogP contribution < -0.4 is 11.1 Å². The van der Waals surface area contributed by atoms with Crippen LogP contribution in [0.4, 0.5) is 5.69 Å². The van der Waals surface area contributed by atoms with Crippen LogP contribution in [0.1, 0.15) is 32.0 Å². The summed E-state index contributed by atoms with van der Waals surface area (Å²) < 4.78 is 1.69. The molecule has 0 spiro atoms. The van der Waals surface area contributed by atoms with Gasteiger partial charge in [-0.2, -0.15) is 5.10 Å². The molecule has 33 heavy (non-hydrogen) atoms. The van der Waals surface area contributed by atoms with Crippen LogP contribution in [0.5, 0.6) is 0 Å². The van der Waals surface area contributed by atoms with Crippen molar-refractivity contribution in [2.45, 2.75) is 12.8 Å². The Kier molecular flexibility index (Phi) is 5.32. The molecule has 5 rings (SSSR count). The second-order valence-electron chi connectivity index (χ2n) is 7.47. The summed E-state index contributed by atoms with van der Waals surface area (Å²) >= 11 is 12.0. The van der Waals surface area contributed by atoms with Crippen LogP contribution in [-0.4, -0.2) is 31.6 Å². The predicted molar refractivity (Wildman–Crippen MR) is 125 cm³/mol. The minimum absolute atomic E-state index is 0.167. The van der Waals surface area contributed by atoms with E-state index >= 15 is 0 Å². The van der Waals surface area contributed by atoms with E-state index in [1.54, 1.807) is 29.2 Å². The van der Waals surface area contributed by atoms with E-state index in [2.05, 4.69) is 20.4 Å². The monoisotopic (exact) mass is 478 g/mol. The zero-order valence-electron chi connectivity index (χ0n) is 17.0. The number of benzene rings is 1. The van der Waals surface area contributed by atoms with Gasteiger partial charge in [-0.3, -0.25) is 14.6 Å². The van der Waals surface area contributed by atoms with Crippen LogP contribution in [0, 0.1) is 0 Å². The smallest absolute Gasteiger partial charge is 0.269 e. The fourth-order valence-electron chi connectivity index (χ4n) is 3.97. The number of halogens is 2. The molecule has 3 N–H and O–H groups in total. The molecule has 3 heterocycles. The van der Waals surface area contributed by atoms with E-state index in [4.69, 9.17) is 28.9 Å². The summed E-state index contributed by atoms with van der Waals surface area (Å²) in [4.78, 5) is 32.8. The average Bonchev–Trinajstić information content (AvgIpc) is 3.22. The number of carbonyl (C=O) groups excluding carboxylic acids is 2. The van der Waals surface area contributed by atoms with Crippen molar-refractivity contribution in [1.82, 2.24) is 19.7 Å². The normalized spacial score (nSPS) is 12.1. The first-order valence-corrected chi connectivity index (χ1v) is 10.8. The van der Waals surface area contributed by atoms with E-state index in [1.165, 1.54) is 12.3 Å². The van der Waals surface area contributed by atoms with Crippen molar-refractivity contribution in [2.24, 2.45) is 5.73 Å². The van der Waals surface area contributed by atoms with E-state index in [-0.39, 0.29) is 21.4 Å². The number of nitrogens with one attached hydrogen (secondary N) is 1. The minimum Gasteiger partial charge on any atom is -0.364 e. The SMILES string of the molecule is NC(=O)c1nn(-c2ccncc2)c2c1CCc1ccc(NC(=O)c3cc(Cl)ncc3Cl)cc1-2. The molecule has 0 aliphatic heterocycles. The molecule has 0 unspecified atom stereocenters. The topological polar surface area (TPSA) is 116 Å². The second kappa shape index (κ2) is 8.31. The van der Waals surface area contributed by atoms with Crippen LogP contribution in [0.2, 0.25) is 10.2 Å². The fraction of sp³-hybridized carbons (Fsp3) is 0.0870. The molecule has 0 saturated carbocycles. The predicted octanol–water partition coefficient (Wildman–Crippen LogP) is 4.09. The van der Waals surface area contributed by atoms with Crippen molar-refractivity contribution in [3.05, 3.63) is 87.5 Å². The van der Waals surface area contributed by atoms with Gasteiger partial charge in [-0.25, -0.2) is 9.67 Å². The number of hydrogen-bond acceptors (Lipinski definition) is 5. The van der Waals surface area contributed by atoms with Gasteiger partial charge in [-0.15, -0.1) is 0 Å². The number of amides is 2. The summed E-state index contributed by atoms with van der Waals surface area (Å²) in [5, 5.41) is 7.72. The lowest BCUT2D eigenvalue weighted by molar-refractivity contribution is 0.0992. The van der Waals surface area contributed by atoms with E-state index in [0.29, 0.717) is 18.5 Å². The molecule has 8 nitrogen and oxygen atoms in total. The Balaban J connectivity index is 1.60. The van der Waals surface area contributed by atoms with E-state index in [9.17, 15) is 9.59 Å². The summed E-state index contributed by atoms with van der Waals surface area (Å²) in [7, 11) is 0. The van der Waals surface area contributed by atoms with Crippen molar-refractivity contribution in [3.8, 4) is 16.9 Å². The van der Waals surface area contributed by atoms with Crippen LogP contribution in [0.3, 0.4) is 0 Å². The number of carbonyl (C=O) groups is 2. The Bertz CT molecular complexity index is 1420. The number of pyridine rings is 2. The molecule has 0 radical (unpaired) electrons. The molecule has 164 valence electrons. The molecule has 1 aliphatic carbocycles. The molecule has 1 aromatic carbocycles. The standard InChI is InChI=1S/C23H16Cl2N6O2/c24-18-11-28-19(25)10-17(18)23(33)29-13-3-1-12-2-4-15-20(22(26)32)30-31(21(15)16(12)9-13)14-5-7-27-8-6-14/h1,3,5-11H,2,4H2,(H2,26,32)(H,29,33). The average molecular weight is 479 g/mol. The molecule has 0 fully saturated rings. The molecule has 4 aromatic rings. The maximum atomic E-state index is 12.8. The third-order valence-corrected chi connectivity index (χ3v) is 5.97. The lowest BCUT2D eigenvalue weighted by atomic mass is 9.88. The van der Waals surface area contributed by atoms with Gasteiger partial charge < -0.3 is 11.1 Å². The highest BCUT2D eigenvalue weighted by Crippen LogP contribution is 2.38. The highest BCUT2D eigenvalue weighted by atomic mass is 35.5. The Morgan fingerprint density at radius 2 is 1.85 bits per heavy atom. The highest BCUT2D eigenvalue weighted by Gasteiger charge is 2.28. The molecule has 0 saturated heterocycles. The third kappa shape index (κ3) is 3.83.